The molecule has 3 amide bonds. The van der Waals surface area contributed by atoms with E-state index < -0.39 is 0 Å². The molecule has 1 aliphatic heterocycles. The van der Waals surface area contributed by atoms with Crippen molar-refractivity contribution in [3.63, 3.8) is 0 Å². The van der Waals surface area contributed by atoms with E-state index >= 15 is 0 Å². The fourth-order valence-corrected chi connectivity index (χ4v) is 3.00. The second-order valence-electron chi connectivity index (χ2n) is 4.94. The van der Waals surface area contributed by atoms with Gasteiger partial charge in [0.15, 0.2) is 5.13 Å². The van der Waals surface area contributed by atoms with Gasteiger partial charge in [0.25, 0.3) is 0 Å². The number of rotatable bonds is 6. The Morgan fingerprint density at radius 2 is 2.45 bits per heavy atom. The number of carbonyl (C=O) groups excluding carboxylic acids is 2. The number of nitrogens with one attached hydrogen (secondary N) is 2. The number of thiazole rings is 1. The molecule has 20 heavy (non-hydrogen) atoms. The number of aromatic nitrogens is 1. The van der Waals surface area contributed by atoms with E-state index in [1.807, 2.05) is 12.3 Å². The molecule has 1 aliphatic rings. The molecule has 7 heteroatoms. The number of anilines is 1. The zero-order valence-electron chi connectivity index (χ0n) is 11.8. The highest BCUT2D eigenvalue weighted by Crippen LogP contribution is 2.22. The highest BCUT2D eigenvalue weighted by atomic mass is 32.1. The van der Waals surface area contributed by atoms with Gasteiger partial charge in [-0.3, -0.25) is 9.69 Å². The van der Waals surface area contributed by atoms with Gasteiger partial charge in [0, 0.05) is 24.5 Å². The quantitative estimate of drug-likeness (QED) is 0.836. The number of nitrogens with zero attached hydrogens (tertiary/aromatic N) is 2. The van der Waals surface area contributed by atoms with Crippen molar-refractivity contribution in [2.75, 3.05) is 18.0 Å². The van der Waals surface area contributed by atoms with Crippen LogP contribution in [0.1, 0.15) is 32.4 Å². The first-order valence-electron chi connectivity index (χ1n) is 6.89. The Morgan fingerprint density at radius 3 is 3.10 bits per heavy atom. The molecule has 1 saturated heterocycles. The number of amides is 3. The van der Waals surface area contributed by atoms with Crippen LogP contribution in [0.25, 0.3) is 0 Å². The molecule has 6 nitrogen and oxygen atoms in total. The second-order valence-corrected chi connectivity index (χ2v) is 5.78. The van der Waals surface area contributed by atoms with Gasteiger partial charge in [0.05, 0.1) is 12.1 Å². The molecule has 110 valence electrons. The number of carbonyl (C=O) groups is 2. The summed E-state index contributed by atoms with van der Waals surface area (Å²) in [7, 11) is 0. The third-order valence-electron chi connectivity index (χ3n) is 3.10. The summed E-state index contributed by atoms with van der Waals surface area (Å²) in [5.74, 6) is -0.0197. The summed E-state index contributed by atoms with van der Waals surface area (Å²) in [6, 6.07) is 0.0712. The van der Waals surface area contributed by atoms with Gasteiger partial charge in [-0.15, -0.1) is 11.3 Å². The smallest absolute Gasteiger partial charge is 0.323 e. The standard InChI is InChI=1S/C13H20N4O2S/c1-3-4-9(2)15-11(18)7-10-8-20-13(16-10)17-6-5-14-12(17)19/h8-9H,3-7H2,1-2H3,(H,14,19)(H,15,18)/t9-/m0/s1. The first kappa shape index (κ1) is 14.8. The predicted molar refractivity (Wildman–Crippen MR) is 79.1 cm³/mol. The van der Waals surface area contributed by atoms with E-state index in [4.69, 9.17) is 0 Å². The van der Waals surface area contributed by atoms with E-state index in [-0.39, 0.29) is 24.4 Å². The van der Waals surface area contributed by atoms with Crippen molar-refractivity contribution in [1.82, 2.24) is 15.6 Å². The van der Waals surface area contributed by atoms with Crippen LogP contribution in [0.2, 0.25) is 0 Å². The van der Waals surface area contributed by atoms with Gasteiger partial charge in [0.1, 0.15) is 0 Å². The van der Waals surface area contributed by atoms with Crippen LogP contribution >= 0.6 is 11.3 Å². The van der Waals surface area contributed by atoms with Crippen molar-refractivity contribution >= 4 is 28.4 Å². The third-order valence-corrected chi connectivity index (χ3v) is 4.01. The van der Waals surface area contributed by atoms with E-state index in [9.17, 15) is 9.59 Å². The zero-order valence-corrected chi connectivity index (χ0v) is 12.6. The normalized spacial score (nSPS) is 16.1. The molecule has 0 bridgehead atoms. The highest BCUT2D eigenvalue weighted by molar-refractivity contribution is 7.14. The summed E-state index contributed by atoms with van der Waals surface area (Å²) >= 11 is 1.40. The van der Waals surface area contributed by atoms with Gasteiger partial charge in [0.2, 0.25) is 5.91 Å². The summed E-state index contributed by atoms with van der Waals surface area (Å²) in [6.45, 7) is 5.37. The Balaban J connectivity index is 1.89. The average molecular weight is 296 g/mol. The second kappa shape index (κ2) is 6.69. The van der Waals surface area contributed by atoms with Crippen LogP contribution < -0.4 is 15.5 Å². The van der Waals surface area contributed by atoms with Crippen LogP contribution in [0.4, 0.5) is 9.93 Å². The van der Waals surface area contributed by atoms with Crippen LogP contribution in [0.3, 0.4) is 0 Å². The van der Waals surface area contributed by atoms with Gasteiger partial charge in [-0.05, 0) is 13.3 Å². The lowest BCUT2D eigenvalue weighted by Crippen LogP contribution is -2.33. The summed E-state index contributed by atoms with van der Waals surface area (Å²) < 4.78 is 0. The van der Waals surface area contributed by atoms with Crippen LogP contribution in [-0.4, -0.2) is 36.1 Å². The van der Waals surface area contributed by atoms with Crippen LogP contribution in [-0.2, 0) is 11.2 Å². The topological polar surface area (TPSA) is 74.3 Å². The molecule has 1 fully saturated rings. The highest BCUT2D eigenvalue weighted by Gasteiger charge is 2.24. The van der Waals surface area contributed by atoms with Gasteiger partial charge < -0.3 is 10.6 Å². The summed E-state index contributed by atoms with van der Waals surface area (Å²) in [4.78, 5) is 29.3. The van der Waals surface area contributed by atoms with Crippen molar-refractivity contribution < 1.29 is 9.59 Å². The molecule has 2 heterocycles. The molecule has 1 atom stereocenters. The molecule has 0 aromatic carbocycles. The Kier molecular flexibility index (Phi) is 4.94. The minimum Gasteiger partial charge on any atom is -0.353 e. The maximum absolute atomic E-state index is 11.9. The molecule has 1 aromatic rings. The molecular formula is C13H20N4O2S. The largest absolute Gasteiger partial charge is 0.353 e. The minimum absolute atomic E-state index is 0.0197. The molecule has 0 unspecified atom stereocenters. The lowest BCUT2D eigenvalue weighted by atomic mass is 10.2. The van der Waals surface area contributed by atoms with Crippen LogP contribution in [0, 0.1) is 0 Å². The fraction of sp³-hybridized carbons (Fsp3) is 0.615. The molecule has 0 saturated carbocycles. The average Bonchev–Trinajstić information content (AvgIpc) is 2.98. The SMILES string of the molecule is CCC[C@H](C)NC(=O)Cc1csc(N2CCNC2=O)n1. The molecule has 2 N–H and O–H groups in total. The fourth-order valence-electron chi connectivity index (χ4n) is 2.15. The molecule has 1 aromatic heterocycles. The summed E-state index contributed by atoms with van der Waals surface area (Å²) in [5.41, 5.74) is 0.714. The van der Waals surface area contributed by atoms with E-state index in [2.05, 4.69) is 22.5 Å². The van der Waals surface area contributed by atoms with E-state index in [1.54, 1.807) is 4.90 Å². The number of hydrogen-bond donors (Lipinski definition) is 2. The van der Waals surface area contributed by atoms with Crippen molar-refractivity contribution in [2.45, 2.75) is 39.2 Å². The third kappa shape index (κ3) is 3.69. The Hall–Kier alpha value is -1.63. The van der Waals surface area contributed by atoms with Gasteiger partial charge in [-0.25, -0.2) is 9.78 Å². The molecule has 0 aliphatic carbocycles. The maximum atomic E-state index is 11.9. The maximum Gasteiger partial charge on any atom is 0.323 e. The number of hydrogen-bond acceptors (Lipinski definition) is 4. The van der Waals surface area contributed by atoms with Crippen LogP contribution in [0.5, 0.6) is 0 Å². The summed E-state index contributed by atoms with van der Waals surface area (Å²) in [5, 5.41) is 8.18. The Bertz CT molecular complexity index is 488. The van der Waals surface area contributed by atoms with Gasteiger partial charge in [-0.1, -0.05) is 13.3 Å². The Labute approximate surface area is 122 Å². The van der Waals surface area contributed by atoms with Crippen molar-refractivity contribution in [3.8, 4) is 0 Å². The van der Waals surface area contributed by atoms with Gasteiger partial charge in [-0.2, -0.15) is 0 Å². The molecule has 0 spiro atoms. The van der Waals surface area contributed by atoms with E-state index in [1.165, 1.54) is 11.3 Å². The molecule has 2 rings (SSSR count). The van der Waals surface area contributed by atoms with E-state index in [0.29, 0.717) is 23.9 Å². The predicted octanol–water partition coefficient (Wildman–Crippen LogP) is 1.52. The lowest BCUT2D eigenvalue weighted by Gasteiger charge is -2.12. The van der Waals surface area contributed by atoms with Crippen molar-refractivity contribution in [3.05, 3.63) is 11.1 Å². The van der Waals surface area contributed by atoms with Crippen molar-refractivity contribution in [1.29, 1.82) is 0 Å². The zero-order chi connectivity index (χ0) is 14.5. The van der Waals surface area contributed by atoms with Crippen molar-refractivity contribution in [2.24, 2.45) is 0 Å². The molecular weight excluding hydrogens is 276 g/mol. The van der Waals surface area contributed by atoms with Gasteiger partial charge >= 0.3 is 6.03 Å². The first-order chi connectivity index (χ1) is 9.60. The lowest BCUT2D eigenvalue weighted by molar-refractivity contribution is -0.121. The minimum atomic E-state index is -0.119. The Morgan fingerprint density at radius 1 is 1.65 bits per heavy atom. The molecule has 0 radical (unpaired) electrons. The summed E-state index contributed by atoms with van der Waals surface area (Å²) in [6.07, 6.45) is 2.29. The number of urea groups is 1. The van der Waals surface area contributed by atoms with Crippen LogP contribution in [0.15, 0.2) is 5.38 Å². The first-order valence-corrected chi connectivity index (χ1v) is 7.77. The monoisotopic (exact) mass is 296 g/mol. The van der Waals surface area contributed by atoms with E-state index in [0.717, 1.165) is 12.8 Å².